The predicted octanol–water partition coefficient (Wildman–Crippen LogP) is 0.661. The van der Waals surface area contributed by atoms with Gasteiger partial charge in [0.25, 0.3) is 0 Å². The lowest BCUT2D eigenvalue weighted by Crippen LogP contribution is -2.21. The van der Waals surface area contributed by atoms with Crippen LogP contribution in [0.2, 0.25) is 0 Å². The van der Waals surface area contributed by atoms with Crippen molar-refractivity contribution >= 4 is 5.82 Å². The number of aliphatic hydroxyl groups excluding tert-OH is 1. The summed E-state index contributed by atoms with van der Waals surface area (Å²) < 4.78 is 5.02. The third-order valence-corrected chi connectivity index (χ3v) is 2.44. The summed E-state index contributed by atoms with van der Waals surface area (Å²) in [4.78, 5) is 6.33. The van der Waals surface area contributed by atoms with Crippen LogP contribution < -0.4 is 9.64 Å². The molecule has 1 aromatic rings. The highest BCUT2D eigenvalue weighted by Crippen LogP contribution is 2.19. The van der Waals surface area contributed by atoms with Crippen molar-refractivity contribution in [2.75, 3.05) is 25.1 Å². The van der Waals surface area contributed by atoms with Crippen LogP contribution in [0.25, 0.3) is 0 Å². The van der Waals surface area contributed by atoms with Crippen molar-refractivity contribution in [3.05, 3.63) is 18.3 Å². The summed E-state index contributed by atoms with van der Waals surface area (Å²) in [6.45, 7) is 1.56. The first kappa shape index (κ1) is 9.27. The number of nitrogens with zero attached hydrogens (tertiary/aromatic N) is 2. The highest BCUT2D eigenvalue weighted by molar-refractivity contribution is 5.41. The van der Waals surface area contributed by atoms with Crippen LogP contribution in [-0.2, 0) is 0 Å². The number of anilines is 1. The van der Waals surface area contributed by atoms with Crippen LogP contribution in [0.15, 0.2) is 18.3 Å². The molecule has 1 aromatic heterocycles. The number of hydrogen-bond donors (Lipinski definition) is 1. The van der Waals surface area contributed by atoms with Gasteiger partial charge in [-0.25, -0.2) is 4.98 Å². The van der Waals surface area contributed by atoms with Crippen molar-refractivity contribution in [3.8, 4) is 5.75 Å². The largest absolute Gasteiger partial charge is 0.495 e. The number of aliphatic hydroxyl groups is 1. The molecule has 0 bridgehead atoms. The quantitative estimate of drug-likeness (QED) is 0.751. The summed E-state index contributed by atoms with van der Waals surface area (Å²) in [7, 11) is 1.62. The Morgan fingerprint density at radius 2 is 2.43 bits per heavy atom. The van der Waals surface area contributed by atoms with Gasteiger partial charge in [-0.2, -0.15) is 0 Å². The minimum absolute atomic E-state index is 0.209. The molecular formula is C10H14N2O2. The second kappa shape index (κ2) is 3.84. The van der Waals surface area contributed by atoms with E-state index in [0.717, 1.165) is 24.5 Å². The number of hydrogen-bond acceptors (Lipinski definition) is 4. The van der Waals surface area contributed by atoms with Crippen molar-refractivity contribution < 1.29 is 9.84 Å². The van der Waals surface area contributed by atoms with Gasteiger partial charge in [0.2, 0.25) is 0 Å². The van der Waals surface area contributed by atoms with Crippen LogP contribution in [0.4, 0.5) is 5.82 Å². The summed E-state index contributed by atoms with van der Waals surface area (Å²) in [6.07, 6.45) is 2.31. The lowest BCUT2D eigenvalue weighted by Gasteiger charge is -2.16. The van der Waals surface area contributed by atoms with E-state index >= 15 is 0 Å². The summed E-state index contributed by atoms with van der Waals surface area (Å²) in [5, 5.41) is 9.37. The van der Waals surface area contributed by atoms with E-state index in [1.165, 1.54) is 0 Å². The van der Waals surface area contributed by atoms with E-state index in [0.29, 0.717) is 6.54 Å². The van der Waals surface area contributed by atoms with Gasteiger partial charge in [-0.3, -0.25) is 0 Å². The lowest BCUT2D eigenvalue weighted by atomic mass is 10.3. The summed E-state index contributed by atoms with van der Waals surface area (Å²) >= 11 is 0. The first-order valence-corrected chi connectivity index (χ1v) is 4.72. The van der Waals surface area contributed by atoms with Crippen LogP contribution >= 0.6 is 0 Å². The number of rotatable bonds is 2. The van der Waals surface area contributed by atoms with E-state index in [-0.39, 0.29) is 6.10 Å². The monoisotopic (exact) mass is 194 g/mol. The van der Waals surface area contributed by atoms with Gasteiger partial charge in [0.05, 0.1) is 19.4 Å². The van der Waals surface area contributed by atoms with Crippen LogP contribution in [-0.4, -0.2) is 36.4 Å². The zero-order chi connectivity index (χ0) is 9.97. The Labute approximate surface area is 83.1 Å². The molecule has 1 saturated heterocycles. The molecule has 1 N–H and O–H groups in total. The second-order valence-electron chi connectivity index (χ2n) is 3.44. The Bertz CT molecular complexity index is 299. The fourth-order valence-electron chi connectivity index (χ4n) is 1.63. The topological polar surface area (TPSA) is 45.6 Å². The SMILES string of the molecule is COc1ccc(N2CC[C@H](O)C2)nc1. The third kappa shape index (κ3) is 1.80. The highest BCUT2D eigenvalue weighted by atomic mass is 16.5. The summed E-state index contributed by atoms with van der Waals surface area (Å²) in [5.41, 5.74) is 0. The zero-order valence-corrected chi connectivity index (χ0v) is 8.18. The van der Waals surface area contributed by atoms with Crippen LogP contribution in [0.3, 0.4) is 0 Å². The molecule has 76 valence electrons. The summed E-state index contributed by atoms with van der Waals surface area (Å²) in [6, 6.07) is 3.80. The number of pyridine rings is 1. The average molecular weight is 194 g/mol. The van der Waals surface area contributed by atoms with Crippen LogP contribution in [0.5, 0.6) is 5.75 Å². The van der Waals surface area contributed by atoms with Crippen molar-refractivity contribution in [1.82, 2.24) is 4.98 Å². The molecule has 2 heterocycles. The molecule has 0 amide bonds. The normalized spacial score (nSPS) is 21.3. The molecule has 0 radical (unpaired) electrons. The molecule has 1 aliphatic heterocycles. The Morgan fingerprint density at radius 1 is 1.57 bits per heavy atom. The molecule has 1 fully saturated rings. The summed E-state index contributed by atoms with van der Waals surface area (Å²) in [5.74, 6) is 1.66. The van der Waals surface area contributed by atoms with Gasteiger partial charge in [-0.15, -0.1) is 0 Å². The van der Waals surface area contributed by atoms with E-state index in [2.05, 4.69) is 9.88 Å². The van der Waals surface area contributed by atoms with Gasteiger partial charge < -0.3 is 14.7 Å². The van der Waals surface area contributed by atoms with Gasteiger partial charge in [0.15, 0.2) is 0 Å². The molecule has 0 aliphatic carbocycles. The van der Waals surface area contributed by atoms with Crippen molar-refractivity contribution in [1.29, 1.82) is 0 Å². The predicted molar refractivity (Wildman–Crippen MR) is 53.6 cm³/mol. The number of β-amino-alcohol motifs (C(OH)–C–C–N with tert-alkyl or cyclic N) is 1. The lowest BCUT2D eigenvalue weighted by molar-refractivity contribution is 0.198. The maximum atomic E-state index is 9.37. The highest BCUT2D eigenvalue weighted by Gasteiger charge is 2.20. The number of aromatic nitrogens is 1. The first-order valence-electron chi connectivity index (χ1n) is 4.72. The van der Waals surface area contributed by atoms with E-state index in [4.69, 9.17) is 4.74 Å². The molecule has 0 spiro atoms. The Kier molecular flexibility index (Phi) is 2.54. The fourth-order valence-corrected chi connectivity index (χ4v) is 1.63. The standard InChI is InChI=1S/C10H14N2O2/c1-14-9-2-3-10(11-6-9)12-5-4-8(13)7-12/h2-3,6,8,13H,4-5,7H2,1H3/t8-/m0/s1. The minimum atomic E-state index is -0.209. The van der Waals surface area contributed by atoms with E-state index in [1.807, 2.05) is 12.1 Å². The molecule has 14 heavy (non-hydrogen) atoms. The molecule has 4 heteroatoms. The molecule has 0 aromatic carbocycles. The first-order chi connectivity index (χ1) is 6.79. The molecule has 4 nitrogen and oxygen atoms in total. The van der Waals surface area contributed by atoms with E-state index in [9.17, 15) is 5.11 Å². The third-order valence-electron chi connectivity index (χ3n) is 2.44. The second-order valence-corrected chi connectivity index (χ2v) is 3.44. The Morgan fingerprint density at radius 3 is 2.93 bits per heavy atom. The van der Waals surface area contributed by atoms with Crippen LogP contribution in [0, 0.1) is 0 Å². The molecular weight excluding hydrogens is 180 g/mol. The molecule has 1 atom stereocenters. The average Bonchev–Trinajstić information content (AvgIpc) is 2.65. The Balaban J connectivity index is 2.09. The molecule has 0 unspecified atom stereocenters. The van der Waals surface area contributed by atoms with E-state index < -0.39 is 0 Å². The van der Waals surface area contributed by atoms with Gasteiger partial charge in [0, 0.05) is 13.1 Å². The van der Waals surface area contributed by atoms with Crippen molar-refractivity contribution in [2.24, 2.45) is 0 Å². The van der Waals surface area contributed by atoms with Crippen molar-refractivity contribution in [3.63, 3.8) is 0 Å². The Hall–Kier alpha value is -1.29. The van der Waals surface area contributed by atoms with Gasteiger partial charge in [0.1, 0.15) is 11.6 Å². The maximum Gasteiger partial charge on any atom is 0.137 e. The van der Waals surface area contributed by atoms with Gasteiger partial charge in [-0.05, 0) is 18.6 Å². The van der Waals surface area contributed by atoms with E-state index in [1.54, 1.807) is 13.3 Å². The fraction of sp³-hybridized carbons (Fsp3) is 0.500. The zero-order valence-electron chi connectivity index (χ0n) is 8.18. The van der Waals surface area contributed by atoms with Gasteiger partial charge in [-0.1, -0.05) is 0 Å². The van der Waals surface area contributed by atoms with Crippen LogP contribution in [0.1, 0.15) is 6.42 Å². The maximum absolute atomic E-state index is 9.37. The number of methoxy groups -OCH3 is 1. The molecule has 1 aliphatic rings. The van der Waals surface area contributed by atoms with Crippen molar-refractivity contribution in [2.45, 2.75) is 12.5 Å². The van der Waals surface area contributed by atoms with Gasteiger partial charge >= 0.3 is 0 Å². The minimum Gasteiger partial charge on any atom is -0.495 e. The molecule has 0 saturated carbocycles. The molecule has 2 rings (SSSR count). The number of ether oxygens (including phenoxy) is 1. The smallest absolute Gasteiger partial charge is 0.137 e.